The molecule has 0 radical (unpaired) electrons. The van der Waals surface area contributed by atoms with Gasteiger partial charge in [-0.1, -0.05) is 33.8 Å². The Morgan fingerprint density at radius 3 is 2.25 bits per heavy atom. The molecule has 1 saturated heterocycles. The zero-order valence-electron chi connectivity index (χ0n) is 19.2. The van der Waals surface area contributed by atoms with Gasteiger partial charge in [-0.05, 0) is 37.0 Å². The molecule has 1 fully saturated rings. The monoisotopic (exact) mass is 466 g/mol. The third-order valence-corrected chi connectivity index (χ3v) is 7.91. The van der Waals surface area contributed by atoms with Gasteiger partial charge < -0.3 is 16.0 Å². The van der Waals surface area contributed by atoms with Crippen LogP contribution < -0.4 is 11.1 Å². The Balaban J connectivity index is 2.17. The molecule has 0 saturated carbocycles. The molecule has 1 aromatic carbocycles. The number of benzene rings is 1. The molecule has 1 heterocycles. The van der Waals surface area contributed by atoms with Crippen molar-refractivity contribution in [3.05, 3.63) is 29.8 Å². The Morgan fingerprint density at radius 1 is 1.16 bits per heavy atom. The number of likely N-dealkylation sites (tertiary alicyclic amines) is 1. The van der Waals surface area contributed by atoms with Gasteiger partial charge in [0.2, 0.25) is 21.8 Å². The predicted octanol–water partition coefficient (Wildman–Crippen LogP) is 1.20. The summed E-state index contributed by atoms with van der Waals surface area (Å²) in [6.07, 6.45) is 1.01. The van der Waals surface area contributed by atoms with E-state index < -0.39 is 22.0 Å². The average Bonchev–Trinajstić information content (AvgIpc) is 2.77. The van der Waals surface area contributed by atoms with Gasteiger partial charge in [0.15, 0.2) is 0 Å². The number of hydrogen-bond donors (Lipinski definition) is 2. The van der Waals surface area contributed by atoms with Crippen molar-refractivity contribution in [1.82, 2.24) is 14.5 Å². The fourth-order valence-corrected chi connectivity index (χ4v) is 5.33. The number of piperidine rings is 1. The molecule has 0 aliphatic carbocycles. The third kappa shape index (κ3) is 5.86. The second-order valence-electron chi connectivity index (χ2n) is 8.31. The topological polar surface area (TPSA) is 130 Å². The Kier molecular flexibility index (Phi) is 8.80. The SMILES string of the molecule is CCN(CC)S(=O)(=O)c1cccc(C(=O)N[C@H](C(=O)N2CCC(C(N)=O)CC2)C(C)C)c1. The van der Waals surface area contributed by atoms with Crippen LogP contribution in [0.4, 0.5) is 0 Å². The second kappa shape index (κ2) is 10.9. The molecule has 0 bridgehead atoms. The van der Waals surface area contributed by atoms with Gasteiger partial charge in [0.1, 0.15) is 6.04 Å². The van der Waals surface area contributed by atoms with Crippen molar-refractivity contribution >= 4 is 27.7 Å². The predicted molar refractivity (Wildman–Crippen MR) is 121 cm³/mol. The Bertz CT molecular complexity index is 935. The highest BCUT2D eigenvalue weighted by atomic mass is 32.2. The number of primary amides is 1. The Morgan fingerprint density at radius 2 is 1.75 bits per heavy atom. The van der Waals surface area contributed by atoms with Crippen LogP contribution in [0.25, 0.3) is 0 Å². The lowest BCUT2D eigenvalue weighted by Crippen LogP contribution is -2.53. The van der Waals surface area contributed by atoms with Crippen LogP contribution in [0.2, 0.25) is 0 Å². The van der Waals surface area contributed by atoms with E-state index in [9.17, 15) is 22.8 Å². The van der Waals surface area contributed by atoms with Crippen molar-refractivity contribution in [2.24, 2.45) is 17.6 Å². The average molecular weight is 467 g/mol. The number of amides is 3. The summed E-state index contributed by atoms with van der Waals surface area (Å²) < 4.78 is 26.9. The first kappa shape index (κ1) is 25.8. The normalized spacial score (nSPS) is 16.2. The van der Waals surface area contributed by atoms with Gasteiger partial charge in [-0.2, -0.15) is 4.31 Å². The summed E-state index contributed by atoms with van der Waals surface area (Å²) in [4.78, 5) is 39.0. The van der Waals surface area contributed by atoms with Crippen LogP contribution in [-0.2, 0) is 19.6 Å². The van der Waals surface area contributed by atoms with E-state index >= 15 is 0 Å². The molecule has 0 spiro atoms. The summed E-state index contributed by atoms with van der Waals surface area (Å²) in [5.74, 6) is -1.50. The summed E-state index contributed by atoms with van der Waals surface area (Å²) in [5.41, 5.74) is 5.53. The van der Waals surface area contributed by atoms with Crippen molar-refractivity contribution < 1.29 is 22.8 Å². The van der Waals surface area contributed by atoms with Crippen LogP contribution in [0.1, 0.15) is 50.9 Å². The standard InChI is InChI=1S/C22H34N4O5S/c1-5-26(6-2)32(30,31)18-9-7-8-17(14-18)21(28)24-19(15(3)4)22(29)25-12-10-16(11-13-25)20(23)27/h7-9,14-16,19H,5-6,10-13H2,1-4H3,(H2,23,27)(H,24,28)/t19-/m0/s1. The zero-order chi connectivity index (χ0) is 24.1. The molecule has 9 nitrogen and oxygen atoms in total. The number of rotatable bonds is 9. The molecule has 3 N–H and O–H groups in total. The fourth-order valence-electron chi connectivity index (χ4n) is 3.83. The molecule has 1 aliphatic rings. The smallest absolute Gasteiger partial charge is 0.251 e. The first-order valence-electron chi connectivity index (χ1n) is 11.0. The maximum atomic E-state index is 13.1. The number of nitrogens with one attached hydrogen (secondary N) is 1. The van der Waals surface area contributed by atoms with Gasteiger partial charge in [-0.3, -0.25) is 14.4 Å². The number of nitrogens with two attached hydrogens (primary N) is 1. The molecular formula is C22H34N4O5S. The van der Waals surface area contributed by atoms with Crippen LogP contribution >= 0.6 is 0 Å². The summed E-state index contributed by atoms with van der Waals surface area (Å²) in [6, 6.07) is 5.07. The molecule has 10 heteroatoms. The van der Waals surface area contributed by atoms with E-state index in [1.54, 1.807) is 18.7 Å². The maximum Gasteiger partial charge on any atom is 0.251 e. The van der Waals surface area contributed by atoms with Gasteiger partial charge in [-0.25, -0.2) is 8.42 Å². The first-order chi connectivity index (χ1) is 15.0. The number of nitrogens with zero attached hydrogens (tertiary/aromatic N) is 2. The first-order valence-corrected chi connectivity index (χ1v) is 12.5. The summed E-state index contributed by atoms with van der Waals surface area (Å²) in [7, 11) is -3.71. The van der Waals surface area contributed by atoms with Crippen LogP contribution in [-0.4, -0.2) is 67.6 Å². The van der Waals surface area contributed by atoms with E-state index in [2.05, 4.69) is 5.32 Å². The van der Waals surface area contributed by atoms with Gasteiger partial charge in [0.25, 0.3) is 5.91 Å². The summed E-state index contributed by atoms with van der Waals surface area (Å²) >= 11 is 0. The molecule has 0 unspecified atom stereocenters. The highest BCUT2D eigenvalue weighted by molar-refractivity contribution is 7.89. The van der Waals surface area contributed by atoms with E-state index in [4.69, 9.17) is 5.73 Å². The lowest BCUT2D eigenvalue weighted by molar-refractivity contribution is -0.137. The molecule has 178 valence electrons. The summed E-state index contributed by atoms with van der Waals surface area (Å²) in [5, 5.41) is 2.77. The highest BCUT2D eigenvalue weighted by Gasteiger charge is 2.33. The van der Waals surface area contributed by atoms with Crippen LogP contribution in [0.15, 0.2) is 29.2 Å². The van der Waals surface area contributed by atoms with Crippen LogP contribution in [0.3, 0.4) is 0 Å². The molecule has 1 aliphatic heterocycles. The van der Waals surface area contributed by atoms with Crippen LogP contribution in [0.5, 0.6) is 0 Å². The number of carbonyl (C=O) groups is 3. The molecule has 3 amide bonds. The Labute approximate surface area is 190 Å². The highest BCUT2D eigenvalue weighted by Crippen LogP contribution is 2.20. The lowest BCUT2D eigenvalue weighted by atomic mass is 9.94. The van der Waals surface area contributed by atoms with E-state index in [1.165, 1.54) is 28.6 Å². The van der Waals surface area contributed by atoms with Gasteiger partial charge >= 0.3 is 0 Å². The minimum Gasteiger partial charge on any atom is -0.369 e. The van der Waals surface area contributed by atoms with E-state index in [0.29, 0.717) is 39.0 Å². The number of carbonyl (C=O) groups excluding carboxylic acids is 3. The number of hydrogen-bond acceptors (Lipinski definition) is 5. The minimum atomic E-state index is -3.71. The fraction of sp³-hybridized carbons (Fsp3) is 0.591. The quantitative estimate of drug-likeness (QED) is 0.565. The third-order valence-electron chi connectivity index (χ3n) is 5.87. The van der Waals surface area contributed by atoms with Crippen molar-refractivity contribution in [3.8, 4) is 0 Å². The van der Waals surface area contributed by atoms with Crippen LogP contribution in [0, 0.1) is 11.8 Å². The molecule has 2 rings (SSSR count). The molecular weight excluding hydrogens is 432 g/mol. The second-order valence-corrected chi connectivity index (χ2v) is 10.3. The van der Waals surface area contributed by atoms with E-state index in [0.717, 1.165) is 0 Å². The van der Waals surface area contributed by atoms with Crippen molar-refractivity contribution in [3.63, 3.8) is 0 Å². The summed E-state index contributed by atoms with van der Waals surface area (Å²) in [6.45, 7) is 8.63. The molecule has 1 aromatic rings. The van der Waals surface area contributed by atoms with Crippen molar-refractivity contribution in [1.29, 1.82) is 0 Å². The largest absolute Gasteiger partial charge is 0.369 e. The maximum absolute atomic E-state index is 13.1. The van der Waals surface area contributed by atoms with Gasteiger partial charge in [0.05, 0.1) is 4.90 Å². The van der Waals surface area contributed by atoms with Gasteiger partial charge in [0, 0.05) is 37.7 Å². The van der Waals surface area contributed by atoms with Crippen molar-refractivity contribution in [2.45, 2.75) is 51.5 Å². The Hall–Kier alpha value is -2.46. The molecule has 32 heavy (non-hydrogen) atoms. The molecule has 1 atom stereocenters. The van der Waals surface area contributed by atoms with E-state index in [1.807, 2.05) is 13.8 Å². The van der Waals surface area contributed by atoms with Gasteiger partial charge in [-0.15, -0.1) is 0 Å². The lowest BCUT2D eigenvalue weighted by Gasteiger charge is -2.34. The minimum absolute atomic E-state index is 0.0368. The zero-order valence-corrected chi connectivity index (χ0v) is 20.0. The van der Waals surface area contributed by atoms with E-state index in [-0.39, 0.29) is 34.1 Å². The number of sulfonamides is 1. The molecule has 0 aromatic heterocycles. The van der Waals surface area contributed by atoms with Crippen molar-refractivity contribution in [2.75, 3.05) is 26.2 Å².